The third-order valence-corrected chi connectivity index (χ3v) is 5.48. The number of morpholine rings is 2. The fourth-order valence-corrected chi connectivity index (χ4v) is 4.56. The topological polar surface area (TPSA) is 76.2 Å². The van der Waals surface area contributed by atoms with Gasteiger partial charge in [0, 0.05) is 39.0 Å². The van der Waals surface area contributed by atoms with Crippen LogP contribution in [0.3, 0.4) is 0 Å². The van der Waals surface area contributed by atoms with Crippen LogP contribution < -0.4 is 0 Å². The smallest absolute Gasteiger partial charge is 0.227 e. The molecule has 146 valence electrons. The van der Waals surface area contributed by atoms with Crippen LogP contribution in [0.4, 0.5) is 0 Å². The Morgan fingerprint density at radius 1 is 0.731 bits per heavy atom. The molecule has 6 atom stereocenters. The SMILES string of the molecule is C[C@@H]1CN(C(=O)[C@@H]2CC(=O)C[C@@H]2C(=O)N2C[C@@H](C)O[C@@H](C)C2)C[C@@H](C)O1. The molecule has 7 heteroatoms. The Bertz CT molecular complexity index is 512. The molecule has 3 aliphatic rings. The number of nitrogens with zero attached hydrogens (tertiary/aromatic N) is 2. The number of Topliss-reactive ketones (excluding diaryl/α,β-unsaturated/α-hetero) is 1. The van der Waals surface area contributed by atoms with Gasteiger partial charge in [0.25, 0.3) is 0 Å². The molecule has 0 spiro atoms. The normalized spacial score (nSPS) is 38.5. The van der Waals surface area contributed by atoms with Crippen molar-refractivity contribution in [3.05, 3.63) is 0 Å². The molecule has 0 bridgehead atoms. The molecule has 26 heavy (non-hydrogen) atoms. The Labute approximate surface area is 155 Å². The van der Waals surface area contributed by atoms with Gasteiger partial charge in [-0.25, -0.2) is 0 Å². The first-order valence-corrected chi connectivity index (χ1v) is 9.64. The second kappa shape index (κ2) is 7.64. The molecule has 1 saturated carbocycles. The maximum Gasteiger partial charge on any atom is 0.227 e. The van der Waals surface area contributed by atoms with Crippen molar-refractivity contribution < 1.29 is 23.9 Å². The number of amides is 2. The fourth-order valence-electron chi connectivity index (χ4n) is 4.56. The Morgan fingerprint density at radius 3 is 1.35 bits per heavy atom. The number of carbonyl (C=O) groups is 3. The quantitative estimate of drug-likeness (QED) is 0.724. The summed E-state index contributed by atoms with van der Waals surface area (Å²) in [6.45, 7) is 9.81. The van der Waals surface area contributed by atoms with Crippen molar-refractivity contribution in [1.29, 1.82) is 0 Å². The maximum atomic E-state index is 13.1. The van der Waals surface area contributed by atoms with Crippen LogP contribution in [0.1, 0.15) is 40.5 Å². The van der Waals surface area contributed by atoms with E-state index in [9.17, 15) is 14.4 Å². The van der Waals surface area contributed by atoms with Gasteiger partial charge < -0.3 is 19.3 Å². The van der Waals surface area contributed by atoms with Crippen molar-refractivity contribution in [3.63, 3.8) is 0 Å². The second-order valence-corrected chi connectivity index (χ2v) is 8.16. The average molecular weight is 366 g/mol. The zero-order valence-corrected chi connectivity index (χ0v) is 16.1. The first-order valence-electron chi connectivity index (χ1n) is 9.64. The lowest BCUT2D eigenvalue weighted by atomic mass is 9.92. The van der Waals surface area contributed by atoms with Crippen molar-refractivity contribution >= 4 is 17.6 Å². The summed E-state index contributed by atoms with van der Waals surface area (Å²) in [6, 6.07) is 0. The summed E-state index contributed by atoms with van der Waals surface area (Å²) in [4.78, 5) is 41.8. The minimum Gasteiger partial charge on any atom is -0.372 e. The average Bonchev–Trinajstić information content (AvgIpc) is 2.93. The van der Waals surface area contributed by atoms with Crippen molar-refractivity contribution in [2.24, 2.45) is 11.8 Å². The van der Waals surface area contributed by atoms with Gasteiger partial charge in [0.05, 0.1) is 36.3 Å². The fraction of sp³-hybridized carbons (Fsp3) is 0.842. The highest BCUT2D eigenvalue weighted by molar-refractivity contribution is 5.98. The zero-order valence-electron chi connectivity index (χ0n) is 16.1. The van der Waals surface area contributed by atoms with E-state index in [1.54, 1.807) is 9.80 Å². The van der Waals surface area contributed by atoms with Crippen LogP contribution in [0.2, 0.25) is 0 Å². The van der Waals surface area contributed by atoms with Crippen LogP contribution in [-0.4, -0.2) is 78.0 Å². The van der Waals surface area contributed by atoms with Crippen LogP contribution in [-0.2, 0) is 23.9 Å². The summed E-state index contributed by atoms with van der Waals surface area (Å²) >= 11 is 0. The van der Waals surface area contributed by atoms with Gasteiger partial charge in [0.1, 0.15) is 5.78 Å². The highest BCUT2D eigenvalue weighted by Gasteiger charge is 2.46. The monoisotopic (exact) mass is 366 g/mol. The van der Waals surface area contributed by atoms with Crippen molar-refractivity contribution in [2.45, 2.75) is 65.0 Å². The second-order valence-electron chi connectivity index (χ2n) is 8.16. The molecule has 3 fully saturated rings. The largest absolute Gasteiger partial charge is 0.372 e. The van der Waals surface area contributed by atoms with Gasteiger partial charge in [-0.3, -0.25) is 14.4 Å². The van der Waals surface area contributed by atoms with E-state index in [4.69, 9.17) is 9.47 Å². The molecule has 2 aliphatic heterocycles. The molecule has 0 aromatic rings. The molecule has 1 aliphatic carbocycles. The first kappa shape index (κ1) is 19.3. The van der Waals surface area contributed by atoms with Gasteiger partial charge in [-0.1, -0.05) is 0 Å². The van der Waals surface area contributed by atoms with Gasteiger partial charge in [-0.2, -0.15) is 0 Å². The summed E-state index contributed by atoms with van der Waals surface area (Å²) in [6.07, 6.45) is 0.213. The molecule has 0 aromatic carbocycles. The summed E-state index contributed by atoms with van der Waals surface area (Å²) in [7, 11) is 0. The van der Waals surface area contributed by atoms with E-state index in [-0.39, 0.29) is 54.9 Å². The van der Waals surface area contributed by atoms with E-state index in [1.807, 2.05) is 27.7 Å². The van der Waals surface area contributed by atoms with Crippen LogP contribution in [0.5, 0.6) is 0 Å². The van der Waals surface area contributed by atoms with Crippen molar-refractivity contribution in [2.75, 3.05) is 26.2 Å². The van der Waals surface area contributed by atoms with Crippen LogP contribution in [0.25, 0.3) is 0 Å². The van der Waals surface area contributed by atoms with E-state index < -0.39 is 11.8 Å². The zero-order chi connectivity index (χ0) is 19.0. The molecule has 0 radical (unpaired) electrons. The minimum absolute atomic E-state index is 0.00501. The molecule has 2 saturated heterocycles. The Morgan fingerprint density at radius 2 is 1.04 bits per heavy atom. The lowest BCUT2D eigenvalue weighted by Gasteiger charge is -2.39. The van der Waals surface area contributed by atoms with Crippen molar-refractivity contribution in [1.82, 2.24) is 9.80 Å². The number of rotatable bonds is 2. The molecular weight excluding hydrogens is 336 g/mol. The standard InChI is InChI=1S/C19H30N2O5/c1-11-7-20(8-12(2)25-11)18(23)16-5-15(22)6-17(16)19(24)21-9-13(3)26-14(4)10-21/h11-14,16-17H,5-10H2,1-4H3/t11-,12-,13-,14+,16-,17+/m1/s1. The van der Waals surface area contributed by atoms with Crippen LogP contribution >= 0.6 is 0 Å². The minimum atomic E-state index is -0.541. The van der Waals surface area contributed by atoms with Gasteiger partial charge in [0.2, 0.25) is 11.8 Å². The number of hydrogen-bond donors (Lipinski definition) is 0. The van der Waals surface area contributed by atoms with Gasteiger partial charge in [-0.05, 0) is 27.7 Å². The molecule has 0 unspecified atom stereocenters. The third kappa shape index (κ3) is 4.09. The van der Waals surface area contributed by atoms with E-state index in [0.717, 1.165) is 0 Å². The number of carbonyl (C=O) groups excluding carboxylic acids is 3. The molecule has 0 N–H and O–H groups in total. The van der Waals surface area contributed by atoms with Gasteiger partial charge in [0.15, 0.2) is 0 Å². The number of ether oxygens (including phenoxy) is 2. The Hall–Kier alpha value is -1.47. The van der Waals surface area contributed by atoms with Gasteiger partial charge in [-0.15, -0.1) is 0 Å². The maximum absolute atomic E-state index is 13.1. The lowest BCUT2D eigenvalue weighted by molar-refractivity contribution is -0.156. The highest BCUT2D eigenvalue weighted by atomic mass is 16.5. The van der Waals surface area contributed by atoms with Crippen molar-refractivity contribution in [3.8, 4) is 0 Å². The summed E-state index contributed by atoms with van der Waals surface area (Å²) < 4.78 is 11.4. The Balaban J connectivity index is 1.72. The third-order valence-electron chi connectivity index (χ3n) is 5.48. The first-order chi connectivity index (χ1) is 12.2. The number of ketones is 1. The predicted octanol–water partition coefficient (Wildman–Crippen LogP) is 0.853. The van der Waals surface area contributed by atoms with E-state index in [2.05, 4.69) is 0 Å². The van der Waals surface area contributed by atoms with E-state index in [1.165, 1.54) is 0 Å². The van der Waals surface area contributed by atoms with E-state index in [0.29, 0.717) is 26.2 Å². The highest BCUT2D eigenvalue weighted by Crippen LogP contribution is 2.34. The van der Waals surface area contributed by atoms with Gasteiger partial charge >= 0.3 is 0 Å². The summed E-state index contributed by atoms with van der Waals surface area (Å²) in [5, 5.41) is 0. The number of hydrogen-bond acceptors (Lipinski definition) is 5. The molecule has 0 aromatic heterocycles. The van der Waals surface area contributed by atoms with Crippen LogP contribution in [0, 0.1) is 11.8 Å². The molecule has 2 heterocycles. The van der Waals surface area contributed by atoms with E-state index >= 15 is 0 Å². The molecule has 2 amide bonds. The molecule has 3 rings (SSSR count). The van der Waals surface area contributed by atoms with Crippen LogP contribution in [0.15, 0.2) is 0 Å². The molecular formula is C19H30N2O5. The summed E-state index contributed by atoms with van der Waals surface area (Å²) in [5.74, 6) is -1.23. The molecule has 7 nitrogen and oxygen atoms in total. The Kier molecular flexibility index (Phi) is 5.67. The lowest BCUT2D eigenvalue weighted by Crippen LogP contribution is -2.53. The summed E-state index contributed by atoms with van der Waals surface area (Å²) in [5.41, 5.74) is 0. The predicted molar refractivity (Wildman–Crippen MR) is 94.4 cm³/mol.